The van der Waals surface area contributed by atoms with Crippen molar-refractivity contribution in [2.45, 2.75) is 6.92 Å². The molecular formula is C13H13N3. The molecule has 0 unspecified atom stereocenters. The first-order valence-corrected chi connectivity index (χ1v) is 5.27. The average molecular weight is 211 g/mol. The predicted octanol–water partition coefficient (Wildman–Crippen LogP) is 2.62. The Labute approximate surface area is 93.5 Å². The van der Waals surface area contributed by atoms with Crippen LogP contribution in [0.1, 0.15) is 5.56 Å². The number of nitrogens with two attached hydrogens (primary N) is 1. The van der Waals surface area contributed by atoms with E-state index in [9.17, 15) is 0 Å². The number of benzene rings is 1. The molecule has 0 fully saturated rings. The minimum Gasteiger partial charge on any atom is -0.384 e. The van der Waals surface area contributed by atoms with Crippen molar-refractivity contribution in [3.8, 4) is 0 Å². The van der Waals surface area contributed by atoms with Crippen LogP contribution in [0.4, 0.5) is 5.82 Å². The summed E-state index contributed by atoms with van der Waals surface area (Å²) in [5.74, 6) is 0.572. The smallest absolute Gasteiger partial charge is 0.124 e. The van der Waals surface area contributed by atoms with Crippen LogP contribution < -0.4 is 5.73 Å². The summed E-state index contributed by atoms with van der Waals surface area (Å²) in [6.45, 7) is 2.12. The molecule has 3 nitrogen and oxygen atoms in total. The lowest BCUT2D eigenvalue weighted by Gasteiger charge is -1.97. The summed E-state index contributed by atoms with van der Waals surface area (Å²) in [6, 6.07) is 8.27. The second kappa shape index (κ2) is 2.98. The number of nitrogen functional groups attached to an aromatic ring is 1. The number of rotatable bonds is 0. The van der Waals surface area contributed by atoms with Gasteiger partial charge in [-0.15, -0.1) is 0 Å². The summed E-state index contributed by atoms with van der Waals surface area (Å²) in [4.78, 5) is 4.15. The van der Waals surface area contributed by atoms with E-state index in [-0.39, 0.29) is 0 Å². The molecule has 2 heterocycles. The van der Waals surface area contributed by atoms with Crippen molar-refractivity contribution in [3.63, 3.8) is 0 Å². The van der Waals surface area contributed by atoms with Crippen molar-refractivity contribution in [1.29, 1.82) is 0 Å². The maximum atomic E-state index is 5.75. The zero-order valence-corrected chi connectivity index (χ0v) is 9.36. The molecule has 80 valence electrons. The zero-order chi connectivity index (χ0) is 11.3. The van der Waals surface area contributed by atoms with Gasteiger partial charge in [-0.2, -0.15) is 0 Å². The first kappa shape index (κ1) is 9.21. The highest BCUT2D eigenvalue weighted by Gasteiger charge is 2.09. The fourth-order valence-electron chi connectivity index (χ4n) is 2.34. The van der Waals surface area contributed by atoms with Crippen LogP contribution in [0, 0.1) is 6.92 Å². The van der Waals surface area contributed by atoms with Crippen molar-refractivity contribution in [3.05, 3.63) is 36.0 Å². The third kappa shape index (κ3) is 1.05. The lowest BCUT2D eigenvalue weighted by Crippen LogP contribution is -1.90. The number of aryl methyl sites for hydroxylation is 2. The van der Waals surface area contributed by atoms with Crippen LogP contribution in [0.2, 0.25) is 0 Å². The highest BCUT2D eigenvalue weighted by Crippen LogP contribution is 2.30. The normalized spacial score (nSPS) is 11.4. The predicted molar refractivity (Wildman–Crippen MR) is 67.4 cm³/mol. The SMILES string of the molecule is Cc1cccc2c1c1cc(N)ncc1n2C. The molecule has 1 aromatic carbocycles. The molecule has 0 aliphatic carbocycles. The minimum absolute atomic E-state index is 0.572. The van der Waals surface area contributed by atoms with E-state index in [1.54, 1.807) is 0 Å². The number of hydrogen-bond donors (Lipinski definition) is 1. The standard InChI is InChI=1S/C13H13N3/c1-8-4-3-5-10-13(8)9-6-12(14)15-7-11(9)16(10)2/h3-7H,1-2H3,(H2,14,15). The van der Waals surface area contributed by atoms with Crippen molar-refractivity contribution in [2.75, 3.05) is 5.73 Å². The van der Waals surface area contributed by atoms with Crippen molar-refractivity contribution in [2.24, 2.45) is 7.05 Å². The molecule has 16 heavy (non-hydrogen) atoms. The minimum atomic E-state index is 0.572. The first-order valence-electron chi connectivity index (χ1n) is 5.27. The van der Waals surface area contributed by atoms with Gasteiger partial charge in [-0.05, 0) is 24.6 Å². The third-order valence-corrected chi connectivity index (χ3v) is 3.15. The Morgan fingerprint density at radius 1 is 1.25 bits per heavy atom. The highest BCUT2D eigenvalue weighted by atomic mass is 15.0. The Hall–Kier alpha value is -2.03. The van der Waals surface area contributed by atoms with E-state index in [1.807, 2.05) is 12.3 Å². The molecular weight excluding hydrogens is 198 g/mol. The molecule has 0 bridgehead atoms. The van der Waals surface area contributed by atoms with Gasteiger partial charge in [-0.25, -0.2) is 4.98 Å². The number of pyridine rings is 1. The molecule has 0 spiro atoms. The number of anilines is 1. The van der Waals surface area contributed by atoms with Crippen LogP contribution in [-0.4, -0.2) is 9.55 Å². The number of hydrogen-bond acceptors (Lipinski definition) is 2. The summed E-state index contributed by atoms with van der Waals surface area (Å²) in [6.07, 6.45) is 1.84. The first-order chi connectivity index (χ1) is 7.68. The Morgan fingerprint density at radius 3 is 2.88 bits per heavy atom. The molecule has 0 saturated heterocycles. The number of nitrogens with zero attached hydrogens (tertiary/aromatic N) is 2. The van der Waals surface area contributed by atoms with E-state index in [4.69, 9.17) is 5.73 Å². The highest BCUT2D eigenvalue weighted by molar-refractivity contribution is 6.09. The quantitative estimate of drug-likeness (QED) is 0.621. The topological polar surface area (TPSA) is 43.8 Å². The van der Waals surface area contributed by atoms with E-state index in [0.29, 0.717) is 5.82 Å². The van der Waals surface area contributed by atoms with Gasteiger partial charge in [0.1, 0.15) is 5.82 Å². The second-order valence-electron chi connectivity index (χ2n) is 4.15. The average Bonchev–Trinajstić information content (AvgIpc) is 2.54. The molecule has 0 aliphatic rings. The molecule has 3 aromatic rings. The number of aromatic nitrogens is 2. The summed E-state index contributed by atoms with van der Waals surface area (Å²) in [5.41, 5.74) is 9.37. The van der Waals surface area contributed by atoms with Gasteiger partial charge >= 0.3 is 0 Å². The maximum absolute atomic E-state index is 5.75. The summed E-state index contributed by atoms with van der Waals surface area (Å²) >= 11 is 0. The fraction of sp³-hybridized carbons (Fsp3) is 0.154. The van der Waals surface area contributed by atoms with Gasteiger partial charge in [0.15, 0.2) is 0 Å². The number of fused-ring (bicyclic) bond motifs is 3. The van der Waals surface area contributed by atoms with Gasteiger partial charge < -0.3 is 10.3 Å². The Balaban J connectivity index is 2.66. The van der Waals surface area contributed by atoms with Gasteiger partial charge in [0.2, 0.25) is 0 Å². The summed E-state index contributed by atoms with van der Waals surface area (Å²) < 4.78 is 2.16. The van der Waals surface area contributed by atoms with Gasteiger partial charge in [-0.1, -0.05) is 12.1 Å². The van der Waals surface area contributed by atoms with Crippen LogP contribution in [0.3, 0.4) is 0 Å². The van der Waals surface area contributed by atoms with Crippen LogP contribution in [0.15, 0.2) is 30.5 Å². The molecule has 0 aliphatic heterocycles. The summed E-state index contributed by atoms with van der Waals surface area (Å²) in [5, 5.41) is 2.46. The van der Waals surface area contributed by atoms with Crippen molar-refractivity contribution < 1.29 is 0 Å². The molecule has 0 radical (unpaired) electrons. The lowest BCUT2D eigenvalue weighted by molar-refractivity contribution is 1.01. The second-order valence-corrected chi connectivity index (χ2v) is 4.15. The van der Waals surface area contributed by atoms with E-state index in [1.165, 1.54) is 21.9 Å². The van der Waals surface area contributed by atoms with E-state index >= 15 is 0 Å². The van der Waals surface area contributed by atoms with Gasteiger partial charge in [0, 0.05) is 23.3 Å². The Bertz CT molecular complexity index is 695. The van der Waals surface area contributed by atoms with Crippen LogP contribution in [0.25, 0.3) is 21.8 Å². The van der Waals surface area contributed by atoms with Crippen LogP contribution in [0.5, 0.6) is 0 Å². The van der Waals surface area contributed by atoms with E-state index in [2.05, 4.69) is 41.7 Å². The lowest BCUT2D eigenvalue weighted by atomic mass is 10.1. The van der Waals surface area contributed by atoms with Gasteiger partial charge in [-0.3, -0.25) is 0 Å². The molecule has 3 heteroatoms. The van der Waals surface area contributed by atoms with E-state index in [0.717, 1.165) is 5.52 Å². The zero-order valence-electron chi connectivity index (χ0n) is 9.36. The largest absolute Gasteiger partial charge is 0.384 e. The van der Waals surface area contributed by atoms with Gasteiger partial charge in [0.05, 0.1) is 11.7 Å². The molecule has 2 aromatic heterocycles. The van der Waals surface area contributed by atoms with E-state index < -0.39 is 0 Å². The molecule has 0 saturated carbocycles. The molecule has 3 rings (SSSR count). The summed E-state index contributed by atoms with van der Waals surface area (Å²) in [7, 11) is 2.06. The third-order valence-electron chi connectivity index (χ3n) is 3.15. The molecule has 0 amide bonds. The van der Waals surface area contributed by atoms with Crippen LogP contribution >= 0.6 is 0 Å². The van der Waals surface area contributed by atoms with Crippen molar-refractivity contribution in [1.82, 2.24) is 9.55 Å². The monoisotopic (exact) mass is 211 g/mol. The molecule has 2 N–H and O–H groups in total. The Morgan fingerprint density at radius 2 is 2.06 bits per heavy atom. The maximum Gasteiger partial charge on any atom is 0.124 e. The van der Waals surface area contributed by atoms with Crippen molar-refractivity contribution >= 4 is 27.6 Å². The Kier molecular flexibility index (Phi) is 1.72. The fourth-order valence-corrected chi connectivity index (χ4v) is 2.34. The van der Waals surface area contributed by atoms with Gasteiger partial charge in [0.25, 0.3) is 0 Å². The van der Waals surface area contributed by atoms with Crippen LogP contribution in [-0.2, 0) is 7.05 Å². The molecule has 0 atom stereocenters.